The second kappa shape index (κ2) is 11.6. The molecule has 2 unspecified atom stereocenters. The molecule has 5 rings (SSSR count). The first kappa shape index (κ1) is 25.0. The molecule has 192 valence electrons. The van der Waals surface area contributed by atoms with Crippen molar-refractivity contribution in [1.82, 2.24) is 14.7 Å². The Kier molecular flexibility index (Phi) is 7.85. The van der Waals surface area contributed by atoms with Gasteiger partial charge in [0.1, 0.15) is 5.75 Å². The molecule has 0 spiro atoms. The molecule has 0 radical (unpaired) electrons. The first-order valence-corrected chi connectivity index (χ1v) is 13.1. The fourth-order valence-electron chi connectivity index (χ4n) is 5.55. The number of likely N-dealkylation sites (tertiary alicyclic amines) is 1. The van der Waals surface area contributed by atoms with Crippen LogP contribution in [0, 0.1) is 5.92 Å². The molecule has 0 bridgehead atoms. The number of carbonyl (C=O) groups excluding carboxylic acids is 2. The van der Waals surface area contributed by atoms with E-state index in [1.165, 1.54) is 11.1 Å². The summed E-state index contributed by atoms with van der Waals surface area (Å²) in [6.07, 6.45) is 0.763. The Bertz CT molecular complexity index is 1180. The second-order valence-electron chi connectivity index (χ2n) is 10.1. The van der Waals surface area contributed by atoms with Crippen molar-refractivity contribution < 1.29 is 14.3 Å². The van der Waals surface area contributed by atoms with Crippen LogP contribution in [0.15, 0.2) is 84.9 Å². The lowest BCUT2D eigenvalue weighted by Gasteiger charge is -2.41. The lowest BCUT2D eigenvalue weighted by Crippen LogP contribution is -2.53. The molecule has 2 atom stereocenters. The zero-order valence-corrected chi connectivity index (χ0v) is 21.5. The lowest BCUT2D eigenvalue weighted by molar-refractivity contribution is -0.139. The highest BCUT2D eigenvalue weighted by Gasteiger charge is 2.37. The van der Waals surface area contributed by atoms with Crippen LogP contribution in [-0.4, -0.2) is 72.9 Å². The van der Waals surface area contributed by atoms with Gasteiger partial charge in [-0.25, -0.2) is 0 Å². The largest absolute Gasteiger partial charge is 0.497 e. The van der Waals surface area contributed by atoms with E-state index in [4.69, 9.17) is 4.74 Å². The summed E-state index contributed by atoms with van der Waals surface area (Å²) in [7, 11) is 1.61. The number of methoxy groups -OCH3 is 1. The molecule has 6 heteroatoms. The van der Waals surface area contributed by atoms with Gasteiger partial charge in [-0.05, 0) is 41.8 Å². The van der Waals surface area contributed by atoms with Gasteiger partial charge >= 0.3 is 0 Å². The van der Waals surface area contributed by atoms with Crippen molar-refractivity contribution in [2.45, 2.75) is 18.9 Å². The average Bonchev–Trinajstić information content (AvgIpc) is 2.97. The topological polar surface area (TPSA) is 53.1 Å². The molecule has 0 saturated carbocycles. The van der Waals surface area contributed by atoms with Crippen molar-refractivity contribution >= 4 is 11.8 Å². The Labute approximate surface area is 219 Å². The van der Waals surface area contributed by atoms with Crippen molar-refractivity contribution in [2.24, 2.45) is 5.92 Å². The summed E-state index contributed by atoms with van der Waals surface area (Å²) in [6, 6.07) is 28.0. The minimum Gasteiger partial charge on any atom is -0.497 e. The minimum absolute atomic E-state index is 0.0336. The predicted octanol–water partition coefficient (Wildman–Crippen LogP) is 4.29. The fraction of sp³-hybridized carbons (Fsp3) is 0.355. The normalized spacial score (nSPS) is 20.5. The van der Waals surface area contributed by atoms with Crippen molar-refractivity contribution in [3.05, 3.63) is 102 Å². The molecular weight excluding hydrogens is 462 g/mol. The zero-order valence-electron chi connectivity index (χ0n) is 21.5. The Hall–Kier alpha value is -3.64. The molecule has 2 aliphatic heterocycles. The van der Waals surface area contributed by atoms with Gasteiger partial charge in [0, 0.05) is 57.3 Å². The quantitative estimate of drug-likeness (QED) is 0.510. The van der Waals surface area contributed by atoms with E-state index in [2.05, 4.69) is 41.3 Å². The van der Waals surface area contributed by atoms with Crippen LogP contribution in [0.2, 0.25) is 0 Å². The van der Waals surface area contributed by atoms with Gasteiger partial charge in [-0.15, -0.1) is 0 Å². The van der Waals surface area contributed by atoms with Crippen molar-refractivity contribution in [1.29, 1.82) is 0 Å². The number of amides is 2. The minimum atomic E-state index is -0.207. The van der Waals surface area contributed by atoms with E-state index in [9.17, 15) is 9.59 Å². The van der Waals surface area contributed by atoms with Gasteiger partial charge in [-0.2, -0.15) is 0 Å². The summed E-state index contributed by atoms with van der Waals surface area (Å²) in [5.41, 5.74) is 3.10. The Morgan fingerprint density at radius 1 is 0.784 bits per heavy atom. The number of rotatable bonds is 6. The van der Waals surface area contributed by atoms with E-state index in [0.717, 1.165) is 44.9 Å². The Morgan fingerprint density at radius 2 is 1.43 bits per heavy atom. The molecule has 2 saturated heterocycles. The lowest BCUT2D eigenvalue weighted by atomic mass is 9.83. The van der Waals surface area contributed by atoms with E-state index >= 15 is 0 Å². The summed E-state index contributed by atoms with van der Waals surface area (Å²) in [6.45, 7) is 5.16. The van der Waals surface area contributed by atoms with E-state index in [-0.39, 0.29) is 23.7 Å². The van der Waals surface area contributed by atoms with Gasteiger partial charge in [0.15, 0.2) is 0 Å². The molecule has 6 nitrogen and oxygen atoms in total. The van der Waals surface area contributed by atoms with Crippen LogP contribution in [0.1, 0.15) is 33.8 Å². The van der Waals surface area contributed by atoms with Gasteiger partial charge in [0.2, 0.25) is 5.91 Å². The van der Waals surface area contributed by atoms with Crippen LogP contribution in [-0.2, 0) is 11.3 Å². The molecule has 0 aliphatic carbocycles. The molecule has 2 heterocycles. The van der Waals surface area contributed by atoms with E-state index in [1.54, 1.807) is 19.2 Å². The van der Waals surface area contributed by atoms with E-state index in [1.807, 2.05) is 46.2 Å². The smallest absolute Gasteiger partial charge is 0.253 e. The maximum Gasteiger partial charge on any atom is 0.253 e. The van der Waals surface area contributed by atoms with Crippen LogP contribution in [0.5, 0.6) is 5.75 Å². The summed E-state index contributed by atoms with van der Waals surface area (Å²) in [4.78, 5) is 33.5. The number of carbonyl (C=O) groups is 2. The number of benzene rings is 3. The summed E-state index contributed by atoms with van der Waals surface area (Å²) >= 11 is 0. The van der Waals surface area contributed by atoms with Crippen LogP contribution in [0.3, 0.4) is 0 Å². The van der Waals surface area contributed by atoms with Crippen LogP contribution < -0.4 is 4.74 Å². The maximum atomic E-state index is 13.7. The van der Waals surface area contributed by atoms with Gasteiger partial charge in [-0.3, -0.25) is 14.5 Å². The predicted molar refractivity (Wildman–Crippen MR) is 144 cm³/mol. The Morgan fingerprint density at radius 3 is 2.08 bits per heavy atom. The zero-order chi connectivity index (χ0) is 25.6. The van der Waals surface area contributed by atoms with Gasteiger partial charge in [0.25, 0.3) is 5.91 Å². The molecule has 3 aromatic carbocycles. The first-order chi connectivity index (χ1) is 18.1. The number of ether oxygens (including phenoxy) is 1. The molecule has 0 aromatic heterocycles. The standard InChI is InChI=1S/C31H35N3O3/c1-37-29-14-12-26(13-15-29)30(35)34-22-27(25-10-6-3-7-11-25)20-28(23-34)31(36)33-18-16-32(17-19-33)21-24-8-4-2-5-9-24/h2-15,27-28H,16-23H2,1H3. The number of piperidine rings is 1. The highest BCUT2D eigenvalue weighted by molar-refractivity contribution is 5.95. The molecule has 2 aliphatic rings. The van der Waals surface area contributed by atoms with Crippen molar-refractivity contribution in [3.63, 3.8) is 0 Å². The monoisotopic (exact) mass is 497 g/mol. The summed E-state index contributed by atoms with van der Waals surface area (Å²) < 4.78 is 5.25. The third-order valence-electron chi connectivity index (χ3n) is 7.63. The molecule has 0 N–H and O–H groups in total. The SMILES string of the molecule is COc1ccc(C(=O)N2CC(C(=O)N3CCN(Cc4ccccc4)CC3)CC(c3ccccc3)C2)cc1. The number of nitrogens with zero attached hydrogens (tertiary/aromatic N) is 3. The van der Waals surface area contributed by atoms with Crippen LogP contribution >= 0.6 is 0 Å². The van der Waals surface area contributed by atoms with Crippen molar-refractivity contribution in [3.8, 4) is 5.75 Å². The molecule has 37 heavy (non-hydrogen) atoms. The third kappa shape index (κ3) is 6.03. The molecule has 2 fully saturated rings. The van der Waals surface area contributed by atoms with Crippen LogP contribution in [0.25, 0.3) is 0 Å². The van der Waals surface area contributed by atoms with Crippen molar-refractivity contribution in [2.75, 3.05) is 46.4 Å². The van der Waals surface area contributed by atoms with Crippen LogP contribution in [0.4, 0.5) is 0 Å². The average molecular weight is 498 g/mol. The summed E-state index contributed by atoms with van der Waals surface area (Å²) in [5.74, 6) is 0.783. The highest BCUT2D eigenvalue weighted by Crippen LogP contribution is 2.32. The number of piperazine rings is 1. The first-order valence-electron chi connectivity index (χ1n) is 13.1. The third-order valence-corrected chi connectivity index (χ3v) is 7.63. The number of hydrogen-bond acceptors (Lipinski definition) is 4. The van der Waals surface area contributed by atoms with Gasteiger partial charge < -0.3 is 14.5 Å². The molecule has 2 amide bonds. The maximum absolute atomic E-state index is 13.7. The van der Waals surface area contributed by atoms with E-state index in [0.29, 0.717) is 18.7 Å². The summed E-state index contributed by atoms with van der Waals surface area (Å²) in [5, 5.41) is 0. The van der Waals surface area contributed by atoms with Gasteiger partial charge in [0.05, 0.1) is 13.0 Å². The second-order valence-corrected chi connectivity index (χ2v) is 10.1. The Balaban J connectivity index is 1.28. The van der Waals surface area contributed by atoms with E-state index < -0.39 is 0 Å². The number of hydrogen-bond donors (Lipinski definition) is 0. The fourth-order valence-corrected chi connectivity index (χ4v) is 5.55. The van der Waals surface area contributed by atoms with Gasteiger partial charge in [-0.1, -0.05) is 60.7 Å². The molecule has 3 aromatic rings. The highest BCUT2D eigenvalue weighted by atomic mass is 16.5. The molecular formula is C31H35N3O3.